The molecule has 0 radical (unpaired) electrons. The van der Waals surface area contributed by atoms with Crippen molar-refractivity contribution in [3.05, 3.63) is 28.3 Å². The van der Waals surface area contributed by atoms with Gasteiger partial charge in [0, 0.05) is 31.3 Å². The molecular formula is C17H25N3O5S. The number of anilines is 1. The highest BCUT2D eigenvalue weighted by molar-refractivity contribution is 7.89. The van der Waals surface area contributed by atoms with Gasteiger partial charge in [0.2, 0.25) is 10.0 Å². The van der Waals surface area contributed by atoms with Crippen molar-refractivity contribution in [2.75, 3.05) is 31.6 Å². The third-order valence-corrected chi connectivity index (χ3v) is 7.08. The lowest BCUT2D eigenvalue weighted by Crippen LogP contribution is -2.41. The van der Waals surface area contributed by atoms with Gasteiger partial charge in [-0.1, -0.05) is 6.92 Å². The van der Waals surface area contributed by atoms with Crippen molar-refractivity contribution < 1.29 is 18.1 Å². The van der Waals surface area contributed by atoms with Crippen molar-refractivity contribution >= 4 is 21.4 Å². The lowest BCUT2D eigenvalue weighted by molar-refractivity contribution is -0.385. The Kier molecular flexibility index (Phi) is 5.79. The number of non-ortho nitro benzene ring substituents is 1. The van der Waals surface area contributed by atoms with Gasteiger partial charge in [0.05, 0.1) is 23.8 Å². The van der Waals surface area contributed by atoms with E-state index < -0.39 is 14.9 Å². The summed E-state index contributed by atoms with van der Waals surface area (Å²) in [6.07, 6.45) is 4.12. The second-order valence-electron chi connectivity index (χ2n) is 7.06. The summed E-state index contributed by atoms with van der Waals surface area (Å²) in [5, 5.41) is 14.5. The summed E-state index contributed by atoms with van der Waals surface area (Å²) in [5.41, 5.74) is 0.223. The van der Waals surface area contributed by atoms with Gasteiger partial charge in [-0.25, -0.2) is 8.42 Å². The van der Waals surface area contributed by atoms with Gasteiger partial charge in [-0.05, 0) is 37.7 Å². The predicted octanol–water partition coefficient (Wildman–Crippen LogP) is 2.61. The maximum absolute atomic E-state index is 13.1. The minimum atomic E-state index is -3.82. The van der Waals surface area contributed by atoms with Crippen LogP contribution in [-0.4, -0.2) is 50.0 Å². The largest absolute Gasteiger partial charge is 0.381 e. The summed E-state index contributed by atoms with van der Waals surface area (Å²) in [4.78, 5) is 10.6. The highest BCUT2D eigenvalue weighted by atomic mass is 32.2. The minimum absolute atomic E-state index is 0.0211. The van der Waals surface area contributed by atoms with Crippen LogP contribution < -0.4 is 5.32 Å². The summed E-state index contributed by atoms with van der Waals surface area (Å²) in [6, 6.07) is 4.22. The van der Waals surface area contributed by atoms with E-state index >= 15 is 0 Å². The van der Waals surface area contributed by atoms with E-state index in [-0.39, 0.29) is 29.7 Å². The molecule has 1 saturated carbocycles. The Bertz CT molecular complexity index is 754. The molecule has 1 heterocycles. The summed E-state index contributed by atoms with van der Waals surface area (Å²) < 4.78 is 32.7. The Morgan fingerprint density at radius 1 is 1.19 bits per heavy atom. The van der Waals surface area contributed by atoms with E-state index in [4.69, 9.17) is 4.74 Å². The smallest absolute Gasteiger partial charge is 0.270 e. The number of nitrogens with zero attached hydrogens (tertiary/aromatic N) is 2. The molecule has 26 heavy (non-hydrogen) atoms. The van der Waals surface area contributed by atoms with E-state index in [9.17, 15) is 18.5 Å². The van der Waals surface area contributed by atoms with Gasteiger partial charge in [0.25, 0.3) is 5.69 Å². The first-order chi connectivity index (χ1) is 12.4. The number of benzene rings is 1. The number of morpholine rings is 1. The molecule has 2 fully saturated rings. The van der Waals surface area contributed by atoms with Crippen molar-refractivity contribution in [3.63, 3.8) is 0 Å². The molecule has 0 atom stereocenters. The summed E-state index contributed by atoms with van der Waals surface area (Å²) in [5.74, 6) is 0.682. The zero-order valence-electron chi connectivity index (χ0n) is 14.9. The lowest BCUT2D eigenvalue weighted by atomic mass is 9.87. The average Bonchev–Trinajstić information content (AvgIpc) is 2.64. The second kappa shape index (κ2) is 7.89. The Hall–Kier alpha value is -1.71. The molecule has 9 heteroatoms. The van der Waals surface area contributed by atoms with Crippen molar-refractivity contribution in [1.29, 1.82) is 0 Å². The van der Waals surface area contributed by atoms with E-state index in [0.29, 0.717) is 24.8 Å². The van der Waals surface area contributed by atoms with Gasteiger partial charge < -0.3 is 10.1 Å². The van der Waals surface area contributed by atoms with Crippen LogP contribution >= 0.6 is 0 Å². The normalized spacial score (nSPS) is 25.0. The first-order valence-corrected chi connectivity index (χ1v) is 10.4. The Labute approximate surface area is 153 Å². The molecular weight excluding hydrogens is 358 g/mol. The zero-order valence-corrected chi connectivity index (χ0v) is 15.7. The van der Waals surface area contributed by atoms with Crippen LogP contribution in [0.2, 0.25) is 0 Å². The fourth-order valence-corrected chi connectivity index (χ4v) is 5.09. The van der Waals surface area contributed by atoms with E-state index in [2.05, 4.69) is 12.2 Å². The predicted molar refractivity (Wildman–Crippen MR) is 97.7 cm³/mol. The van der Waals surface area contributed by atoms with Gasteiger partial charge >= 0.3 is 0 Å². The second-order valence-corrected chi connectivity index (χ2v) is 8.96. The van der Waals surface area contributed by atoms with E-state index in [1.807, 2.05) is 0 Å². The Morgan fingerprint density at radius 3 is 2.46 bits per heavy atom. The van der Waals surface area contributed by atoms with Crippen molar-refractivity contribution in [2.45, 2.75) is 43.5 Å². The maximum Gasteiger partial charge on any atom is 0.270 e. The van der Waals surface area contributed by atoms with Crippen LogP contribution in [0.1, 0.15) is 32.6 Å². The molecule has 0 spiro atoms. The third-order valence-electron chi connectivity index (χ3n) is 5.14. The zero-order chi connectivity index (χ0) is 18.7. The number of hydrogen-bond donors (Lipinski definition) is 1. The summed E-state index contributed by atoms with van der Waals surface area (Å²) in [7, 11) is -3.82. The van der Waals surface area contributed by atoms with Crippen LogP contribution in [0, 0.1) is 16.0 Å². The Morgan fingerprint density at radius 2 is 1.85 bits per heavy atom. The van der Waals surface area contributed by atoms with Gasteiger partial charge in [-0.2, -0.15) is 4.31 Å². The maximum atomic E-state index is 13.1. The van der Waals surface area contributed by atoms with Gasteiger partial charge in [-0.15, -0.1) is 0 Å². The number of hydrogen-bond acceptors (Lipinski definition) is 6. The van der Waals surface area contributed by atoms with Gasteiger partial charge in [-0.3, -0.25) is 10.1 Å². The third kappa shape index (κ3) is 4.16. The standard InChI is InChI=1S/C17H25N3O5S/c1-13-2-4-14(5-3-13)18-16-7-6-15(20(21)22)12-17(16)26(23,24)19-8-10-25-11-9-19/h6-7,12-14,18H,2-5,8-11H2,1H3. The number of nitrogens with one attached hydrogen (secondary N) is 1. The van der Waals surface area contributed by atoms with Crippen LogP contribution in [0.25, 0.3) is 0 Å². The molecule has 8 nitrogen and oxygen atoms in total. The van der Waals surface area contributed by atoms with E-state index in [0.717, 1.165) is 25.7 Å². The van der Waals surface area contributed by atoms with Crippen LogP contribution in [0.4, 0.5) is 11.4 Å². The highest BCUT2D eigenvalue weighted by Gasteiger charge is 2.31. The van der Waals surface area contributed by atoms with Gasteiger partial charge in [0.15, 0.2) is 0 Å². The first-order valence-electron chi connectivity index (χ1n) is 9.01. The molecule has 144 valence electrons. The van der Waals surface area contributed by atoms with Crippen LogP contribution in [0.15, 0.2) is 23.1 Å². The molecule has 1 aliphatic heterocycles. The molecule has 1 saturated heterocycles. The van der Waals surface area contributed by atoms with Crippen LogP contribution in [0.5, 0.6) is 0 Å². The number of rotatable bonds is 5. The molecule has 0 aromatic heterocycles. The lowest BCUT2D eigenvalue weighted by Gasteiger charge is -2.30. The number of nitro benzene ring substituents is 1. The van der Waals surface area contributed by atoms with Gasteiger partial charge in [0.1, 0.15) is 4.90 Å². The minimum Gasteiger partial charge on any atom is -0.381 e. The van der Waals surface area contributed by atoms with Crippen molar-refractivity contribution in [2.24, 2.45) is 5.92 Å². The molecule has 1 aromatic carbocycles. The average molecular weight is 383 g/mol. The highest BCUT2D eigenvalue weighted by Crippen LogP contribution is 2.32. The van der Waals surface area contributed by atoms with Crippen molar-refractivity contribution in [3.8, 4) is 0 Å². The molecule has 0 amide bonds. The number of sulfonamides is 1. The van der Waals surface area contributed by atoms with Crippen LogP contribution in [-0.2, 0) is 14.8 Å². The first kappa shape index (κ1) is 19.1. The van der Waals surface area contributed by atoms with E-state index in [1.54, 1.807) is 0 Å². The summed E-state index contributed by atoms with van der Waals surface area (Å²) in [6.45, 7) is 3.39. The number of ether oxygens (including phenoxy) is 1. The van der Waals surface area contributed by atoms with Crippen LogP contribution in [0.3, 0.4) is 0 Å². The molecule has 2 aliphatic rings. The monoisotopic (exact) mass is 383 g/mol. The van der Waals surface area contributed by atoms with E-state index in [1.165, 1.54) is 22.5 Å². The number of nitro groups is 1. The summed E-state index contributed by atoms with van der Waals surface area (Å²) >= 11 is 0. The molecule has 1 N–H and O–H groups in total. The Balaban J connectivity index is 1.92. The molecule has 3 rings (SSSR count). The topological polar surface area (TPSA) is 102 Å². The fourth-order valence-electron chi connectivity index (χ4n) is 3.51. The quantitative estimate of drug-likeness (QED) is 0.619. The molecule has 0 unspecified atom stereocenters. The molecule has 1 aliphatic carbocycles. The molecule has 1 aromatic rings. The molecule has 0 bridgehead atoms. The van der Waals surface area contributed by atoms with Crippen molar-refractivity contribution in [1.82, 2.24) is 4.31 Å². The fraction of sp³-hybridized carbons (Fsp3) is 0.647. The SMILES string of the molecule is CC1CCC(Nc2ccc([N+](=O)[O-])cc2S(=O)(=O)N2CCOCC2)CC1.